The van der Waals surface area contributed by atoms with E-state index in [4.69, 9.17) is 9.47 Å². The lowest BCUT2D eigenvalue weighted by atomic mass is 10.1. The number of likely N-dealkylation sites (N-methyl/N-ethyl adjacent to an activating group) is 1. The minimum atomic E-state index is -0.413. The summed E-state index contributed by atoms with van der Waals surface area (Å²) in [6.07, 6.45) is 0.174. The zero-order valence-corrected chi connectivity index (χ0v) is 17.8. The number of aromatic nitrogens is 2. The van der Waals surface area contributed by atoms with Gasteiger partial charge in [-0.3, -0.25) is 14.3 Å². The molecule has 7 heteroatoms. The van der Waals surface area contributed by atoms with Crippen LogP contribution < -0.4 is 4.74 Å². The fourth-order valence-electron chi connectivity index (χ4n) is 3.28. The van der Waals surface area contributed by atoms with Crippen molar-refractivity contribution in [1.29, 1.82) is 0 Å². The largest absolute Gasteiger partial charge is 0.497 e. The van der Waals surface area contributed by atoms with Gasteiger partial charge in [0.25, 0.3) is 5.91 Å². The van der Waals surface area contributed by atoms with Gasteiger partial charge in [-0.2, -0.15) is 5.10 Å². The molecule has 1 amide bonds. The molecule has 0 bridgehead atoms. The first-order chi connectivity index (χ1) is 14.4. The number of hydrogen-bond acceptors (Lipinski definition) is 5. The minimum Gasteiger partial charge on any atom is -0.497 e. The third kappa shape index (κ3) is 5.37. The molecule has 3 rings (SSSR count). The van der Waals surface area contributed by atoms with Gasteiger partial charge in [-0.05, 0) is 54.4 Å². The topological polar surface area (TPSA) is 73.7 Å². The zero-order chi connectivity index (χ0) is 21.7. The Morgan fingerprint density at radius 1 is 1.07 bits per heavy atom. The quantitative estimate of drug-likeness (QED) is 0.534. The molecule has 0 N–H and O–H groups in total. The second kappa shape index (κ2) is 9.43. The summed E-state index contributed by atoms with van der Waals surface area (Å²) in [5.74, 6) is 0.149. The molecule has 158 valence electrons. The van der Waals surface area contributed by atoms with Crippen LogP contribution in [0.1, 0.15) is 23.4 Å². The van der Waals surface area contributed by atoms with Crippen LogP contribution >= 0.6 is 0 Å². The van der Waals surface area contributed by atoms with E-state index in [1.807, 2.05) is 56.3 Å². The highest BCUT2D eigenvalue weighted by molar-refractivity contribution is 5.85. The number of esters is 1. The maximum atomic E-state index is 12.3. The van der Waals surface area contributed by atoms with Crippen molar-refractivity contribution >= 4 is 22.6 Å². The lowest BCUT2D eigenvalue weighted by Crippen LogP contribution is -2.31. The van der Waals surface area contributed by atoms with Gasteiger partial charge in [-0.25, -0.2) is 0 Å². The van der Waals surface area contributed by atoms with Crippen LogP contribution in [-0.4, -0.2) is 47.3 Å². The van der Waals surface area contributed by atoms with E-state index in [1.165, 1.54) is 0 Å². The molecular formula is C23H27N3O4. The molecule has 0 saturated carbocycles. The van der Waals surface area contributed by atoms with Gasteiger partial charge in [0.2, 0.25) is 0 Å². The molecule has 0 saturated heterocycles. The first-order valence-corrected chi connectivity index (χ1v) is 9.83. The monoisotopic (exact) mass is 409 g/mol. The van der Waals surface area contributed by atoms with Crippen LogP contribution in [0.15, 0.2) is 42.5 Å². The Hall–Kier alpha value is -3.35. The number of hydrogen-bond donors (Lipinski definition) is 0. The summed E-state index contributed by atoms with van der Waals surface area (Å²) in [5.41, 5.74) is 2.90. The van der Waals surface area contributed by atoms with Crippen LogP contribution in [0.4, 0.5) is 0 Å². The lowest BCUT2D eigenvalue weighted by Gasteiger charge is -2.17. The Morgan fingerprint density at radius 2 is 1.80 bits per heavy atom. The van der Waals surface area contributed by atoms with Gasteiger partial charge in [0.15, 0.2) is 6.61 Å². The number of aryl methyl sites for hydroxylation is 3. The Balaban J connectivity index is 1.48. The Labute approximate surface area is 176 Å². The molecular weight excluding hydrogens is 382 g/mol. The number of carbonyl (C=O) groups is 2. The number of fused-ring (bicyclic) bond motifs is 1. The van der Waals surface area contributed by atoms with Gasteiger partial charge >= 0.3 is 5.97 Å². The number of ether oxygens (including phenoxy) is 2. The standard InChI is InChI=1S/C23H27N3O4/c1-16-11-17(2)26(24-16)10-9-23(28)30-15-22(27)25(3)14-18-5-6-20-13-21(29-4)8-7-19(20)12-18/h5-8,11-13H,9-10,14-15H2,1-4H3. The van der Waals surface area contributed by atoms with Crippen LogP contribution in [0.5, 0.6) is 5.75 Å². The number of carbonyl (C=O) groups excluding carboxylic acids is 2. The number of benzene rings is 2. The van der Waals surface area contributed by atoms with Crippen LogP contribution in [0.25, 0.3) is 10.8 Å². The molecule has 7 nitrogen and oxygen atoms in total. The fourth-order valence-corrected chi connectivity index (χ4v) is 3.28. The van der Waals surface area contributed by atoms with E-state index in [0.29, 0.717) is 13.1 Å². The van der Waals surface area contributed by atoms with Gasteiger partial charge in [0, 0.05) is 19.3 Å². The molecule has 0 unspecified atom stereocenters. The number of amides is 1. The Kier molecular flexibility index (Phi) is 6.72. The third-order valence-corrected chi connectivity index (χ3v) is 4.95. The molecule has 1 aromatic heterocycles. The molecule has 1 heterocycles. The summed E-state index contributed by atoms with van der Waals surface area (Å²) < 4.78 is 12.2. The normalized spacial score (nSPS) is 10.8. The first kappa shape index (κ1) is 21.4. The highest BCUT2D eigenvalue weighted by atomic mass is 16.5. The molecule has 0 radical (unpaired) electrons. The van der Waals surface area contributed by atoms with Crippen LogP contribution in [0, 0.1) is 13.8 Å². The molecule has 0 fully saturated rings. The van der Waals surface area contributed by atoms with Gasteiger partial charge < -0.3 is 14.4 Å². The second-order valence-electron chi connectivity index (χ2n) is 7.36. The average Bonchev–Trinajstić information content (AvgIpc) is 3.06. The number of nitrogens with zero attached hydrogens (tertiary/aromatic N) is 3. The van der Waals surface area contributed by atoms with E-state index < -0.39 is 5.97 Å². The predicted molar refractivity (Wildman–Crippen MR) is 114 cm³/mol. The summed E-state index contributed by atoms with van der Waals surface area (Å²) in [5, 5.41) is 6.46. The van der Waals surface area contributed by atoms with E-state index in [1.54, 1.807) is 23.7 Å². The van der Waals surface area contributed by atoms with Crippen molar-refractivity contribution in [2.45, 2.75) is 33.4 Å². The van der Waals surface area contributed by atoms with E-state index in [0.717, 1.165) is 33.5 Å². The lowest BCUT2D eigenvalue weighted by molar-refractivity contribution is -0.151. The average molecular weight is 409 g/mol. The van der Waals surface area contributed by atoms with E-state index in [2.05, 4.69) is 5.10 Å². The third-order valence-electron chi connectivity index (χ3n) is 4.95. The van der Waals surface area contributed by atoms with Crippen LogP contribution in [-0.2, 0) is 27.4 Å². The highest BCUT2D eigenvalue weighted by Gasteiger charge is 2.13. The maximum Gasteiger partial charge on any atom is 0.308 e. The van der Waals surface area contributed by atoms with Crippen molar-refractivity contribution in [3.8, 4) is 5.75 Å². The molecule has 30 heavy (non-hydrogen) atoms. The van der Waals surface area contributed by atoms with Gasteiger partial charge in [-0.1, -0.05) is 18.2 Å². The molecule has 3 aromatic rings. The smallest absolute Gasteiger partial charge is 0.308 e. The summed E-state index contributed by atoms with van der Waals surface area (Å²) in [7, 11) is 3.34. The van der Waals surface area contributed by atoms with Crippen molar-refractivity contribution < 1.29 is 19.1 Å². The molecule has 0 atom stereocenters. The maximum absolute atomic E-state index is 12.3. The summed E-state index contributed by atoms with van der Waals surface area (Å²) in [6.45, 7) is 4.45. The van der Waals surface area contributed by atoms with E-state index in [9.17, 15) is 9.59 Å². The number of methoxy groups -OCH3 is 1. The van der Waals surface area contributed by atoms with E-state index >= 15 is 0 Å². The van der Waals surface area contributed by atoms with Crippen molar-refractivity contribution in [2.24, 2.45) is 0 Å². The fraction of sp³-hybridized carbons (Fsp3) is 0.348. The molecule has 0 aliphatic carbocycles. The zero-order valence-electron chi connectivity index (χ0n) is 17.8. The molecule has 0 aliphatic rings. The van der Waals surface area contributed by atoms with Crippen molar-refractivity contribution in [2.75, 3.05) is 20.8 Å². The van der Waals surface area contributed by atoms with Gasteiger partial charge in [0.1, 0.15) is 5.75 Å². The summed E-state index contributed by atoms with van der Waals surface area (Å²) in [6, 6.07) is 13.8. The molecule has 0 spiro atoms. The highest BCUT2D eigenvalue weighted by Crippen LogP contribution is 2.22. The van der Waals surface area contributed by atoms with E-state index in [-0.39, 0.29) is 18.9 Å². The Bertz CT molecular complexity index is 1060. The second-order valence-corrected chi connectivity index (χ2v) is 7.36. The Morgan fingerprint density at radius 3 is 2.50 bits per heavy atom. The van der Waals surface area contributed by atoms with Gasteiger partial charge in [-0.15, -0.1) is 0 Å². The van der Waals surface area contributed by atoms with Crippen molar-refractivity contribution in [1.82, 2.24) is 14.7 Å². The number of rotatable bonds is 8. The van der Waals surface area contributed by atoms with Gasteiger partial charge in [0.05, 0.1) is 25.8 Å². The van der Waals surface area contributed by atoms with Crippen molar-refractivity contribution in [3.05, 3.63) is 59.4 Å². The SMILES string of the molecule is COc1ccc2cc(CN(C)C(=O)COC(=O)CCn3nc(C)cc3C)ccc2c1. The van der Waals surface area contributed by atoms with Crippen LogP contribution in [0.3, 0.4) is 0 Å². The summed E-state index contributed by atoms with van der Waals surface area (Å²) >= 11 is 0. The molecule has 0 aliphatic heterocycles. The van der Waals surface area contributed by atoms with Crippen molar-refractivity contribution in [3.63, 3.8) is 0 Å². The first-order valence-electron chi connectivity index (χ1n) is 9.83. The molecule has 2 aromatic carbocycles. The minimum absolute atomic E-state index is 0.174. The van der Waals surface area contributed by atoms with Crippen LogP contribution in [0.2, 0.25) is 0 Å². The predicted octanol–water partition coefficient (Wildman–Crippen LogP) is 3.25. The summed E-state index contributed by atoms with van der Waals surface area (Å²) in [4.78, 5) is 25.9.